The van der Waals surface area contributed by atoms with Gasteiger partial charge in [-0.2, -0.15) is 0 Å². The molecule has 1 aromatic rings. The van der Waals surface area contributed by atoms with E-state index in [0.29, 0.717) is 5.92 Å². The third-order valence-corrected chi connectivity index (χ3v) is 3.73. The summed E-state index contributed by atoms with van der Waals surface area (Å²) in [6.45, 7) is 6.59. The number of rotatable bonds is 6. The van der Waals surface area contributed by atoms with E-state index >= 15 is 0 Å². The largest absolute Gasteiger partial charge is 0.468 e. The van der Waals surface area contributed by atoms with Crippen molar-refractivity contribution >= 4 is 5.97 Å². The molecule has 1 atom stereocenters. The smallest absolute Gasteiger partial charge is 0.317 e. The van der Waals surface area contributed by atoms with Crippen molar-refractivity contribution in [2.75, 3.05) is 13.7 Å². The van der Waals surface area contributed by atoms with Crippen LogP contribution >= 0.6 is 0 Å². The zero-order valence-corrected chi connectivity index (χ0v) is 12.4. The third kappa shape index (κ3) is 3.35. The van der Waals surface area contributed by atoms with E-state index < -0.39 is 5.41 Å². The van der Waals surface area contributed by atoms with E-state index in [9.17, 15) is 4.79 Å². The fourth-order valence-corrected chi connectivity index (χ4v) is 2.48. The maximum absolute atomic E-state index is 12.3. The lowest BCUT2D eigenvalue weighted by Gasteiger charge is -2.32. The number of nitrogens with two attached hydrogens (primary N) is 1. The lowest BCUT2D eigenvalue weighted by atomic mass is 9.74. The molecular formula is C16H25NO2. The van der Waals surface area contributed by atoms with Crippen LogP contribution < -0.4 is 5.73 Å². The summed E-state index contributed by atoms with van der Waals surface area (Å²) in [4.78, 5) is 12.3. The summed E-state index contributed by atoms with van der Waals surface area (Å²) in [6.07, 6.45) is 1.67. The van der Waals surface area contributed by atoms with Gasteiger partial charge in [0.25, 0.3) is 0 Å². The maximum Gasteiger partial charge on any atom is 0.317 e. The Hall–Kier alpha value is -1.35. The molecule has 2 N–H and O–H groups in total. The molecule has 106 valence electrons. The third-order valence-electron chi connectivity index (χ3n) is 3.73. The van der Waals surface area contributed by atoms with E-state index in [1.54, 1.807) is 0 Å². The molecule has 1 rings (SSSR count). The number of methoxy groups -OCH3 is 1. The van der Waals surface area contributed by atoms with Crippen molar-refractivity contribution in [2.45, 2.75) is 39.0 Å². The van der Waals surface area contributed by atoms with E-state index in [0.717, 1.165) is 24.0 Å². The molecule has 19 heavy (non-hydrogen) atoms. The second kappa shape index (κ2) is 6.71. The average Bonchev–Trinajstić information content (AvgIpc) is 2.40. The van der Waals surface area contributed by atoms with Gasteiger partial charge >= 0.3 is 5.97 Å². The van der Waals surface area contributed by atoms with E-state index in [1.807, 2.05) is 31.2 Å². The van der Waals surface area contributed by atoms with Crippen LogP contribution in [0.15, 0.2) is 24.3 Å². The van der Waals surface area contributed by atoms with Gasteiger partial charge < -0.3 is 10.5 Å². The molecule has 0 heterocycles. The summed E-state index contributed by atoms with van der Waals surface area (Å²) in [7, 11) is 1.43. The van der Waals surface area contributed by atoms with Crippen molar-refractivity contribution in [2.24, 2.45) is 11.7 Å². The predicted molar refractivity (Wildman–Crippen MR) is 78.0 cm³/mol. The normalized spacial score (nSPS) is 14.2. The molecule has 0 saturated carbocycles. The number of hydrogen-bond acceptors (Lipinski definition) is 3. The van der Waals surface area contributed by atoms with Crippen LogP contribution in [-0.4, -0.2) is 19.6 Å². The van der Waals surface area contributed by atoms with Crippen molar-refractivity contribution < 1.29 is 9.53 Å². The molecule has 1 unspecified atom stereocenters. The Morgan fingerprint density at radius 1 is 1.37 bits per heavy atom. The topological polar surface area (TPSA) is 52.3 Å². The number of aryl methyl sites for hydroxylation is 1. The van der Waals surface area contributed by atoms with Crippen LogP contribution in [-0.2, 0) is 14.9 Å². The van der Waals surface area contributed by atoms with Gasteiger partial charge in [0.1, 0.15) is 5.41 Å². The Kier molecular flexibility index (Phi) is 5.55. The highest BCUT2D eigenvalue weighted by Crippen LogP contribution is 2.33. The lowest BCUT2D eigenvalue weighted by Crippen LogP contribution is -2.44. The minimum Gasteiger partial charge on any atom is -0.468 e. The molecule has 0 bridgehead atoms. The quantitative estimate of drug-likeness (QED) is 0.803. The van der Waals surface area contributed by atoms with Gasteiger partial charge in [-0.3, -0.25) is 4.79 Å². The number of hydrogen-bond donors (Lipinski definition) is 1. The van der Waals surface area contributed by atoms with Crippen molar-refractivity contribution in [3.05, 3.63) is 35.4 Å². The van der Waals surface area contributed by atoms with Crippen LogP contribution in [0, 0.1) is 12.8 Å². The number of carbonyl (C=O) groups excluding carboxylic acids is 1. The van der Waals surface area contributed by atoms with Crippen LogP contribution in [0.25, 0.3) is 0 Å². The maximum atomic E-state index is 12.3. The summed E-state index contributed by atoms with van der Waals surface area (Å²) in [6, 6.07) is 7.92. The molecule has 0 aliphatic carbocycles. The van der Waals surface area contributed by atoms with Gasteiger partial charge in [-0.05, 0) is 36.8 Å². The van der Waals surface area contributed by atoms with Gasteiger partial charge in [0.05, 0.1) is 7.11 Å². The molecule has 0 radical (unpaired) electrons. The van der Waals surface area contributed by atoms with Gasteiger partial charge in [-0.15, -0.1) is 0 Å². The van der Waals surface area contributed by atoms with E-state index in [1.165, 1.54) is 7.11 Å². The molecule has 0 spiro atoms. The molecule has 0 amide bonds. The van der Waals surface area contributed by atoms with Crippen molar-refractivity contribution in [3.63, 3.8) is 0 Å². The fourth-order valence-electron chi connectivity index (χ4n) is 2.48. The van der Waals surface area contributed by atoms with Crippen molar-refractivity contribution in [1.29, 1.82) is 0 Å². The highest BCUT2D eigenvalue weighted by atomic mass is 16.5. The molecular weight excluding hydrogens is 238 g/mol. The van der Waals surface area contributed by atoms with E-state index in [4.69, 9.17) is 10.5 Å². The molecule has 3 nitrogen and oxygen atoms in total. The summed E-state index contributed by atoms with van der Waals surface area (Å²) in [5, 5.41) is 0. The highest BCUT2D eigenvalue weighted by molar-refractivity contribution is 5.84. The number of benzene rings is 1. The molecule has 0 aliphatic rings. The van der Waals surface area contributed by atoms with Crippen LogP contribution in [0.1, 0.15) is 37.8 Å². The van der Waals surface area contributed by atoms with Crippen molar-refractivity contribution in [3.8, 4) is 0 Å². The van der Waals surface area contributed by atoms with Crippen LogP contribution in [0.4, 0.5) is 0 Å². The first-order chi connectivity index (χ1) is 8.97. The fraction of sp³-hybridized carbons (Fsp3) is 0.562. The summed E-state index contributed by atoms with van der Waals surface area (Å²) in [5.41, 5.74) is 7.33. The Labute approximate surface area is 116 Å². The Balaban J connectivity index is 3.24. The van der Waals surface area contributed by atoms with Crippen molar-refractivity contribution in [1.82, 2.24) is 0 Å². The minimum atomic E-state index is -0.718. The monoisotopic (exact) mass is 263 g/mol. The highest BCUT2D eigenvalue weighted by Gasteiger charge is 2.40. The van der Waals surface area contributed by atoms with E-state index in [2.05, 4.69) is 13.8 Å². The first kappa shape index (κ1) is 15.7. The van der Waals surface area contributed by atoms with Crippen LogP contribution in [0.3, 0.4) is 0 Å². The predicted octanol–water partition coefficient (Wildman–Crippen LogP) is 2.80. The Morgan fingerprint density at radius 2 is 2.00 bits per heavy atom. The molecule has 0 aliphatic heterocycles. The number of esters is 1. The second-order valence-electron chi connectivity index (χ2n) is 5.53. The van der Waals surface area contributed by atoms with Gasteiger partial charge in [-0.25, -0.2) is 0 Å². The van der Waals surface area contributed by atoms with Gasteiger partial charge in [-0.1, -0.05) is 38.1 Å². The standard InChI is InChI=1S/C16H25NO2/c1-12(2)9-10-16(11-17,15(18)19-4)14-8-6-5-7-13(14)3/h5-8,12H,9-11,17H2,1-4H3. The average molecular weight is 263 g/mol. The molecule has 0 aromatic heterocycles. The minimum absolute atomic E-state index is 0.232. The number of carbonyl (C=O) groups is 1. The molecule has 0 fully saturated rings. The second-order valence-corrected chi connectivity index (χ2v) is 5.53. The Morgan fingerprint density at radius 3 is 2.47 bits per heavy atom. The van der Waals surface area contributed by atoms with Gasteiger partial charge in [0.2, 0.25) is 0 Å². The summed E-state index contributed by atoms with van der Waals surface area (Å²) in [5.74, 6) is 0.296. The van der Waals surface area contributed by atoms with E-state index in [-0.39, 0.29) is 12.5 Å². The van der Waals surface area contributed by atoms with Crippen LogP contribution in [0.5, 0.6) is 0 Å². The lowest BCUT2D eigenvalue weighted by molar-refractivity contribution is -0.147. The van der Waals surface area contributed by atoms with Gasteiger partial charge in [0.15, 0.2) is 0 Å². The SMILES string of the molecule is COC(=O)C(CN)(CCC(C)C)c1ccccc1C. The van der Waals surface area contributed by atoms with Gasteiger partial charge in [0, 0.05) is 6.54 Å². The van der Waals surface area contributed by atoms with Crippen LogP contribution in [0.2, 0.25) is 0 Å². The molecule has 3 heteroatoms. The zero-order valence-electron chi connectivity index (χ0n) is 12.4. The first-order valence-electron chi connectivity index (χ1n) is 6.82. The summed E-state index contributed by atoms with van der Waals surface area (Å²) < 4.78 is 5.03. The summed E-state index contributed by atoms with van der Waals surface area (Å²) >= 11 is 0. The first-order valence-corrected chi connectivity index (χ1v) is 6.82. The zero-order chi connectivity index (χ0) is 14.5. The Bertz CT molecular complexity index is 429. The number of ether oxygens (including phenoxy) is 1. The molecule has 1 aromatic carbocycles. The molecule has 0 saturated heterocycles.